The third-order valence-electron chi connectivity index (χ3n) is 4.01. The first-order chi connectivity index (χ1) is 10.9. The average molecular weight is 339 g/mol. The Morgan fingerprint density at radius 2 is 2.04 bits per heavy atom. The van der Waals surface area contributed by atoms with Gasteiger partial charge in [-0.2, -0.15) is 0 Å². The molecule has 0 saturated carbocycles. The fourth-order valence-corrected chi connectivity index (χ4v) is 2.87. The Morgan fingerprint density at radius 3 is 2.57 bits per heavy atom. The number of aromatic nitrogens is 1. The minimum atomic E-state index is -0.284. The Bertz CT molecular complexity index is 650. The molecule has 0 N–H and O–H groups in total. The molecule has 1 heterocycles. The Kier molecular flexibility index (Phi) is 5.77. The molecule has 0 aliphatic rings. The van der Waals surface area contributed by atoms with E-state index in [0.29, 0.717) is 25.1 Å². The highest BCUT2D eigenvalue weighted by Gasteiger charge is 2.21. The van der Waals surface area contributed by atoms with E-state index in [0.717, 1.165) is 11.1 Å². The van der Waals surface area contributed by atoms with E-state index in [1.54, 1.807) is 24.0 Å². The van der Waals surface area contributed by atoms with Crippen LogP contribution in [0.4, 0.5) is 4.39 Å². The summed E-state index contributed by atoms with van der Waals surface area (Å²) in [6.45, 7) is 6.24. The van der Waals surface area contributed by atoms with Gasteiger partial charge in [-0.15, -0.1) is 0 Å². The van der Waals surface area contributed by atoms with Crippen molar-refractivity contribution < 1.29 is 13.7 Å². The molecule has 0 fully saturated rings. The monoisotopic (exact) mass is 338 g/mol. The number of carbonyl (C=O) groups is 1. The second-order valence-corrected chi connectivity index (χ2v) is 5.77. The Balaban J connectivity index is 2.04. The number of hydrogen-bond acceptors (Lipinski definition) is 3. The normalized spacial score (nSPS) is 12.2. The van der Waals surface area contributed by atoms with Crippen LogP contribution in [0.5, 0.6) is 0 Å². The van der Waals surface area contributed by atoms with Crippen molar-refractivity contribution in [1.82, 2.24) is 10.1 Å². The van der Waals surface area contributed by atoms with Crippen molar-refractivity contribution in [3.63, 3.8) is 0 Å². The largest absolute Gasteiger partial charge is 0.344 e. The van der Waals surface area contributed by atoms with E-state index in [-0.39, 0.29) is 23.0 Å². The number of hydrogen-bond donors (Lipinski definition) is 0. The maximum atomic E-state index is 13.0. The SMILES string of the molecule is CCN(C(=O)CCc1c(C)noc1Cl)C(C)c1ccc(F)cc1. The molecule has 0 radical (unpaired) electrons. The molecule has 1 aromatic carbocycles. The van der Waals surface area contributed by atoms with Crippen molar-refractivity contribution in [2.45, 2.75) is 39.7 Å². The van der Waals surface area contributed by atoms with Crippen LogP contribution in [0, 0.1) is 12.7 Å². The first kappa shape index (κ1) is 17.5. The van der Waals surface area contributed by atoms with Crippen LogP contribution in [0.1, 0.15) is 43.1 Å². The van der Waals surface area contributed by atoms with Crippen molar-refractivity contribution in [3.8, 4) is 0 Å². The molecule has 0 aliphatic carbocycles. The summed E-state index contributed by atoms with van der Waals surface area (Å²) in [5.74, 6) is -0.270. The number of benzene rings is 1. The molecule has 0 bridgehead atoms. The Labute approximate surface area is 140 Å². The van der Waals surface area contributed by atoms with E-state index in [1.807, 2.05) is 13.8 Å². The predicted octanol–water partition coefficient (Wildman–Crippen LogP) is 4.32. The summed E-state index contributed by atoms with van der Waals surface area (Å²) < 4.78 is 17.9. The van der Waals surface area contributed by atoms with Gasteiger partial charge in [0.15, 0.2) is 0 Å². The lowest BCUT2D eigenvalue weighted by Crippen LogP contribution is -2.33. The highest BCUT2D eigenvalue weighted by Crippen LogP contribution is 2.24. The Morgan fingerprint density at radius 1 is 1.39 bits per heavy atom. The zero-order valence-corrected chi connectivity index (χ0v) is 14.2. The van der Waals surface area contributed by atoms with Gasteiger partial charge in [-0.3, -0.25) is 4.79 Å². The first-order valence-electron chi connectivity index (χ1n) is 7.59. The molecule has 4 nitrogen and oxygen atoms in total. The molecular formula is C17H20ClFN2O2. The molecule has 124 valence electrons. The van der Waals surface area contributed by atoms with Crippen LogP contribution in [0.2, 0.25) is 5.22 Å². The molecule has 23 heavy (non-hydrogen) atoms. The van der Waals surface area contributed by atoms with Gasteiger partial charge in [-0.25, -0.2) is 4.39 Å². The highest BCUT2D eigenvalue weighted by atomic mass is 35.5. The zero-order valence-electron chi connectivity index (χ0n) is 13.5. The second kappa shape index (κ2) is 7.59. The number of rotatable bonds is 6. The topological polar surface area (TPSA) is 46.3 Å². The smallest absolute Gasteiger partial charge is 0.229 e. The van der Waals surface area contributed by atoms with E-state index in [1.165, 1.54) is 12.1 Å². The van der Waals surface area contributed by atoms with Crippen LogP contribution in [0.3, 0.4) is 0 Å². The molecule has 1 atom stereocenters. The summed E-state index contributed by atoms with van der Waals surface area (Å²) >= 11 is 5.93. The van der Waals surface area contributed by atoms with Gasteiger partial charge in [0.1, 0.15) is 5.82 Å². The van der Waals surface area contributed by atoms with Crippen molar-refractivity contribution in [2.75, 3.05) is 6.54 Å². The minimum absolute atomic E-state index is 0.0148. The first-order valence-corrected chi connectivity index (χ1v) is 7.97. The molecule has 0 spiro atoms. The lowest BCUT2D eigenvalue weighted by atomic mass is 10.1. The summed E-state index contributed by atoms with van der Waals surface area (Å²) in [4.78, 5) is 14.3. The van der Waals surface area contributed by atoms with Crippen LogP contribution < -0.4 is 0 Å². The lowest BCUT2D eigenvalue weighted by molar-refractivity contribution is -0.133. The molecule has 2 aromatic rings. The van der Waals surface area contributed by atoms with Gasteiger partial charge in [-0.05, 0) is 56.5 Å². The maximum absolute atomic E-state index is 13.0. The van der Waals surface area contributed by atoms with Gasteiger partial charge >= 0.3 is 0 Å². The minimum Gasteiger partial charge on any atom is -0.344 e. The van der Waals surface area contributed by atoms with E-state index in [2.05, 4.69) is 5.16 Å². The number of carbonyl (C=O) groups excluding carboxylic acids is 1. The van der Waals surface area contributed by atoms with Gasteiger partial charge in [0.2, 0.25) is 11.1 Å². The van der Waals surface area contributed by atoms with Crippen LogP contribution >= 0.6 is 11.6 Å². The lowest BCUT2D eigenvalue weighted by Gasteiger charge is -2.28. The standard InChI is InChI=1S/C17H20ClFN2O2/c1-4-21(12(3)13-5-7-14(19)8-6-13)16(22)10-9-15-11(2)20-23-17(15)18/h5-8,12H,4,9-10H2,1-3H3. The molecular weight excluding hydrogens is 319 g/mol. The second-order valence-electron chi connectivity index (χ2n) is 5.43. The van der Waals surface area contributed by atoms with Gasteiger partial charge in [-0.1, -0.05) is 17.3 Å². The summed E-state index contributed by atoms with van der Waals surface area (Å²) in [5, 5.41) is 4.02. The molecule has 1 aromatic heterocycles. The van der Waals surface area contributed by atoms with Gasteiger partial charge in [0.25, 0.3) is 0 Å². The predicted molar refractivity (Wildman–Crippen MR) is 86.8 cm³/mol. The van der Waals surface area contributed by atoms with Crippen LogP contribution in [0.25, 0.3) is 0 Å². The van der Waals surface area contributed by atoms with Crippen molar-refractivity contribution >= 4 is 17.5 Å². The molecule has 6 heteroatoms. The molecule has 2 rings (SSSR count). The fraction of sp³-hybridized carbons (Fsp3) is 0.412. The van der Waals surface area contributed by atoms with Gasteiger partial charge in [0, 0.05) is 18.5 Å². The summed E-state index contributed by atoms with van der Waals surface area (Å²) in [7, 11) is 0. The molecule has 0 saturated heterocycles. The van der Waals surface area contributed by atoms with Crippen molar-refractivity contribution in [3.05, 3.63) is 52.1 Å². The van der Waals surface area contributed by atoms with Crippen LogP contribution in [-0.4, -0.2) is 22.5 Å². The van der Waals surface area contributed by atoms with Crippen molar-refractivity contribution in [1.29, 1.82) is 0 Å². The van der Waals surface area contributed by atoms with Gasteiger partial charge in [0.05, 0.1) is 11.7 Å². The Hall–Kier alpha value is -1.88. The number of nitrogens with zero attached hydrogens (tertiary/aromatic N) is 2. The van der Waals surface area contributed by atoms with Crippen LogP contribution in [-0.2, 0) is 11.2 Å². The molecule has 1 unspecified atom stereocenters. The highest BCUT2D eigenvalue weighted by molar-refractivity contribution is 6.29. The number of aryl methyl sites for hydroxylation is 1. The summed E-state index contributed by atoms with van der Waals surface area (Å²) in [5.41, 5.74) is 2.38. The average Bonchev–Trinajstić information content (AvgIpc) is 2.85. The fourth-order valence-electron chi connectivity index (χ4n) is 2.60. The zero-order chi connectivity index (χ0) is 17.0. The molecule has 0 aliphatic heterocycles. The van der Waals surface area contributed by atoms with E-state index in [9.17, 15) is 9.18 Å². The number of halogens is 2. The third-order valence-corrected chi connectivity index (χ3v) is 4.30. The van der Waals surface area contributed by atoms with E-state index < -0.39 is 0 Å². The summed E-state index contributed by atoms with van der Waals surface area (Å²) in [6, 6.07) is 6.11. The number of amides is 1. The quantitative estimate of drug-likeness (QED) is 0.788. The summed E-state index contributed by atoms with van der Waals surface area (Å²) in [6.07, 6.45) is 0.806. The van der Waals surface area contributed by atoms with E-state index >= 15 is 0 Å². The molecule has 1 amide bonds. The van der Waals surface area contributed by atoms with Gasteiger partial charge < -0.3 is 9.42 Å². The van der Waals surface area contributed by atoms with Crippen molar-refractivity contribution in [2.24, 2.45) is 0 Å². The maximum Gasteiger partial charge on any atom is 0.229 e. The van der Waals surface area contributed by atoms with Crippen LogP contribution in [0.15, 0.2) is 28.8 Å². The third kappa shape index (κ3) is 4.10. The van der Waals surface area contributed by atoms with E-state index in [4.69, 9.17) is 16.1 Å².